The minimum atomic E-state index is -0.414. The highest BCUT2D eigenvalue weighted by atomic mass is 16.3. The summed E-state index contributed by atoms with van der Waals surface area (Å²) in [5, 5.41) is 14.4. The second kappa shape index (κ2) is 4.33. The van der Waals surface area contributed by atoms with Crippen molar-refractivity contribution in [1.82, 2.24) is 14.7 Å². The summed E-state index contributed by atoms with van der Waals surface area (Å²) in [5.41, 5.74) is 0.911. The molecule has 2 atom stereocenters. The number of likely N-dealkylation sites (N-methyl/N-ethyl adjacent to an activating group) is 1. The highest BCUT2D eigenvalue weighted by molar-refractivity contribution is 5.07. The van der Waals surface area contributed by atoms with Crippen molar-refractivity contribution >= 4 is 0 Å². The molecular formula is C11H19N3O. The molecule has 0 amide bonds. The lowest BCUT2D eigenvalue weighted by Gasteiger charge is -2.35. The second-order valence-electron chi connectivity index (χ2n) is 4.37. The van der Waals surface area contributed by atoms with Gasteiger partial charge >= 0.3 is 0 Å². The normalized spacial score (nSPS) is 25.4. The number of hydrogen-bond acceptors (Lipinski definition) is 3. The number of hydrogen-bond donors (Lipinski definition) is 1. The molecule has 2 heterocycles. The summed E-state index contributed by atoms with van der Waals surface area (Å²) in [6.45, 7) is 1.08. The lowest BCUT2D eigenvalue weighted by Crippen LogP contribution is -2.41. The maximum absolute atomic E-state index is 10.3. The van der Waals surface area contributed by atoms with Crippen molar-refractivity contribution in [1.29, 1.82) is 0 Å². The minimum Gasteiger partial charge on any atom is -0.385 e. The zero-order valence-electron chi connectivity index (χ0n) is 9.43. The molecular weight excluding hydrogens is 190 g/mol. The van der Waals surface area contributed by atoms with E-state index >= 15 is 0 Å². The van der Waals surface area contributed by atoms with Gasteiger partial charge in [0.25, 0.3) is 0 Å². The third-order valence-electron chi connectivity index (χ3n) is 3.35. The predicted molar refractivity (Wildman–Crippen MR) is 58.4 cm³/mol. The first kappa shape index (κ1) is 10.6. The SMILES string of the molecule is CN1CCCCC1C(O)c1ccnn1C. The van der Waals surface area contributed by atoms with Gasteiger partial charge in [0.1, 0.15) is 6.10 Å². The molecule has 4 nitrogen and oxygen atoms in total. The van der Waals surface area contributed by atoms with E-state index in [0.717, 1.165) is 18.7 Å². The van der Waals surface area contributed by atoms with E-state index in [1.165, 1.54) is 12.8 Å². The number of aryl methyl sites for hydroxylation is 1. The Bertz CT molecular complexity index is 323. The van der Waals surface area contributed by atoms with Crippen LogP contribution in [0.5, 0.6) is 0 Å². The molecule has 0 aliphatic carbocycles. The summed E-state index contributed by atoms with van der Waals surface area (Å²) < 4.78 is 1.76. The Morgan fingerprint density at radius 3 is 2.87 bits per heavy atom. The van der Waals surface area contributed by atoms with Crippen LogP contribution in [0, 0.1) is 0 Å². The summed E-state index contributed by atoms with van der Waals surface area (Å²) >= 11 is 0. The highest BCUT2D eigenvalue weighted by Crippen LogP contribution is 2.26. The molecule has 1 aromatic rings. The van der Waals surface area contributed by atoms with E-state index in [9.17, 15) is 5.11 Å². The molecule has 0 aromatic carbocycles. The monoisotopic (exact) mass is 209 g/mol. The number of aliphatic hydroxyl groups excluding tert-OH is 1. The van der Waals surface area contributed by atoms with Crippen LogP contribution in [-0.2, 0) is 7.05 Å². The summed E-state index contributed by atoms with van der Waals surface area (Å²) in [5.74, 6) is 0. The first-order chi connectivity index (χ1) is 7.20. The fraction of sp³-hybridized carbons (Fsp3) is 0.727. The standard InChI is InChI=1S/C11H19N3O/c1-13-8-4-3-5-9(13)11(15)10-6-7-12-14(10)2/h6-7,9,11,15H,3-5,8H2,1-2H3. The van der Waals surface area contributed by atoms with Gasteiger partial charge in [-0.3, -0.25) is 4.68 Å². The van der Waals surface area contributed by atoms with Gasteiger partial charge in [-0.25, -0.2) is 0 Å². The molecule has 15 heavy (non-hydrogen) atoms. The number of rotatable bonds is 2. The van der Waals surface area contributed by atoms with Crippen molar-refractivity contribution in [3.05, 3.63) is 18.0 Å². The van der Waals surface area contributed by atoms with E-state index < -0.39 is 6.10 Å². The van der Waals surface area contributed by atoms with Crippen LogP contribution in [0.3, 0.4) is 0 Å². The smallest absolute Gasteiger partial charge is 0.111 e. The Hall–Kier alpha value is -0.870. The molecule has 4 heteroatoms. The fourth-order valence-electron chi connectivity index (χ4n) is 2.37. The molecule has 2 rings (SSSR count). The van der Waals surface area contributed by atoms with Gasteiger partial charge in [-0.05, 0) is 32.5 Å². The highest BCUT2D eigenvalue weighted by Gasteiger charge is 2.28. The topological polar surface area (TPSA) is 41.3 Å². The van der Waals surface area contributed by atoms with Crippen LogP contribution < -0.4 is 0 Å². The van der Waals surface area contributed by atoms with Crippen LogP contribution in [0.1, 0.15) is 31.1 Å². The van der Waals surface area contributed by atoms with E-state index in [0.29, 0.717) is 0 Å². The van der Waals surface area contributed by atoms with Gasteiger partial charge < -0.3 is 10.0 Å². The molecule has 2 unspecified atom stereocenters. The molecule has 1 aliphatic heterocycles. The van der Waals surface area contributed by atoms with Crippen molar-refractivity contribution in [3.63, 3.8) is 0 Å². The van der Waals surface area contributed by atoms with E-state index in [1.807, 2.05) is 13.1 Å². The maximum Gasteiger partial charge on any atom is 0.111 e. The van der Waals surface area contributed by atoms with Crippen LogP contribution in [0.25, 0.3) is 0 Å². The molecule has 84 valence electrons. The molecule has 0 saturated carbocycles. The van der Waals surface area contributed by atoms with Crippen LogP contribution in [0.2, 0.25) is 0 Å². The van der Waals surface area contributed by atoms with Crippen molar-refractivity contribution in [2.45, 2.75) is 31.4 Å². The van der Waals surface area contributed by atoms with Crippen LogP contribution in [0.15, 0.2) is 12.3 Å². The molecule has 0 radical (unpaired) electrons. The average molecular weight is 209 g/mol. The number of nitrogens with zero attached hydrogens (tertiary/aromatic N) is 3. The quantitative estimate of drug-likeness (QED) is 0.788. The van der Waals surface area contributed by atoms with E-state index in [-0.39, 0.29) is 6.04 Å². The van der Waals surface area contributed by atoms with Gasteiger partial charge in [0.2, 0.25) is 0 Å². The Kier molecular flexibility index (Phi) is 3.07. The third-order valence-corrected chi connectivity index (χ3v) is 3.35. The van der Waals surface area contributed by atoms with Gasteiger partial charge in [0.15, 0.2) is 0 Å². The average Bonchev–Trinajstić information content (AvgIpc) is 2.64. The van der Waals surface area contributed by atoms with Gasteiger partial charge in [0, 0.05) is 19.3 Å². The predicted octanol–water partition coefficient (Wildman–Crippen LogP) is 0.938. The molecule has 1 saturated heterocycles. The maximum atomic E-state index is 10.3. The Morgan fingerprint density at radius 2 is 2.27 bits per heavy atom. The zero-order chi connectivity index (χ0) is 10.8. The van der Waals surface area contributed by atoms with Crippen molar-refractivity contribution in [3.8, 4) is 0 Å². The van der Waals surface area contributed by atoms with Gasteiger partial charge in [-0.1, -0.05) is 6.42 Å². The van der Waals surface area contributed by atoms with E-state index in [4.69, 9.17) is 0 Å². The molecule has 0 bridgehead atoms. The number of piperidine rings is 1. The van der Waals surface area contributed by atoms with E-state index in [2.05, 4.69) is 17.0 Å². The Labute approximate surface area is 90.5 Å². The Morgan fingerprint density at radius 1 is 1.47 bits per heavy atom. The summed E-state index contributed by atoms with van der Waals surface area (Å²) in [4.78, 5) is 2.25. The van der Waals surface area contributed by atoms with Crippen molar-refractivity contribution < 1.29 is 5.11 Å². The van der Waals surface area contributed by atoms with E-state index in [1.54, 1.807) is 10.9 Å². The molecule has 1 aromatic heterocycles. The van der Waals surface area contributed by atoms with Crippen LogP contribution in [0.4, 0.5) is 0 Å². The second-order valence-corrected chi connectivity index (χ2v) is 4.37. The molecule has 1 aliphatic rings. The van der Waals surface area contributed by atoms with Gasteiger partial charge in [-0.15, -0.1) is 0 Å². The minimum absolute atomic E-state index is 0.245. The fourth-order valence-corrected chi connectivity index (χ4v) is 2.37. The van der Waals surface area contributed by atoms with Gasteiger partial charge in [0.05, 0.1) is 5.69 Å². The number of aromatic nitrogens is 2. The largest absolute Gasteiger partial charge is 0.385 e. The van der Waals surface area contributed by atoms with Crippen molar-refractivity contribution in [2.75, 3.05) is 13.6 Å². The summed E-state index contributed by atoms with van der Waals surface area (Å²) in [7, 11) is 3.96. The summed E-state index contributed by atoms with van der Waals surface area (Å²) in [6.07, 6.45) is 4.85. The number of likely N-dealkylation sites (tertiary alicyclic amines) is 1. The summed E-state index contributed by atoms with van der Waals surface area (Å²) in [6, 6.07) is 2.14. The molecule has 1 fully saturated rings. The van der Waals surface area contributed by atoms with Crippen molar-refractivity contribution in [2.24, 2.45) is 7.05 Å². The van der Waals surface area contributed by atoms with Crippen LogP contribution in [-0.4, -0.2) is 39.4 Å². The first-order valence-electron chi connectivity index (χ1n) is 5.56. The lowest BCUT2D eigenvalue weighted by atomic mass is 9.96. The molecule has 0 spiro atoms. The Balaban J connectivity index is 2.13. The zero-order valence-corrected chi connectivity index (χ0v) is 9.43. The third kappa shape index (κ3) is 2.06. The first-order valence-corrected chi connectivity index (χ1v) is 5.56. The van der Waals surface area contributed by atoms with Crippen LogP contribution >= 0.6 is 0 Å². The molecule has 1 N–H and O–H groups in total. The van der Waals surface area contributed by atoms with Gasteiger partial charge in [-0.2, -0.15) is 5.10 Å². The number of aliphatic hydroxyl groups is 1. The lowest BCUT2D eigenvalue weighted by molar-refractivity contribution is 0.0354.